The molecule has 2 heterocycles. The quantitative estimate of drug-likeness (QED) is 0.751. The van der Waals surface area contributed by atoms with Gasteiger partial charge in [-0.3, -0.25) is 0 Å². The van der Waals surface area contributed by atoms with Gasteiger partial charge in [-0.15, -0.1) is 0 Å². The molecule has 0 fully saturated rings. The van der Waals surface area contributed by atoms with Crippen LogP contribution in [0.5, 0.6) is 0 Å². The van der Waals surface area contributed by atoms with Crippen molar-refractivity contribution in [2.45, 2.75) is 5.03 Å². The van der Waals surface area contributed by atoms with E-state index >= 15 is 0 Å². The van der Waals surface area contributed by atoms with Gasteiger partial charge in [-0.1, -0.05) is 11.6 Å². The lowest BCUT2D eigenvalue weighted by Crippen LogP contribution is -2.01. The number of hydrogen-bond acceptors (Lipinski definition) is 4. The molecule has 0 aliphatic rings. The molecule has 5 nitrogen and oxygen atoms in total. The van der Waals surface area contributed by atoms with Crippen LogP contribution in [0.2, 0.25) is 5.15 Å². The predicted octanol–water partition coefficient (Wildman–Crippen LogP) is 2.07. The zero-order chi connectivity index (χ0) is 11.2. The Morgan fingerprint density at radius 1 is 1.47 bits per heavy atom. The second kappa shape index (κ2) is 3.58. The van der Waals surface area contributed by atoms with E-state index in [-0.39, 0.29) is 10.2 Å². The van der Waals surface area contributed by atoms with Crippen LogP contribution in [0.15, 0.2) is 21.8 Å². The van der Waals surface area contributed by atoms with Crippen molar-refractivity contribution in [3.8, 4) is 0 Å². The van der Waals surface area contributed by atoms with E-state index in [0.29, 0.717) is 10.1 Å². The number of rotatable bonds is 1. The molecule has 0 unspecified atom stereocenters. The van der Waals surface area contributed by atoms with E-state index < -0.39 is 9.05 Å². The fourth-order valence-corrected chi connectivity index (χ4v) is 2.68. The van der Waals surface area contributed by atoms with E-state index in [2.05, 4.69) is 26.0 Å². The third-order valence-electron chi connectivity index (χ3n) is 1.61. The molecular formula is C6H2BrCl2N3O2S. The summed E-state index contributed by atoms with van der Waals surface area (Å²) in [7, 11) is 1.31. The topological polar surface area (TPSA) is 64.3 Å². The van der Waals surface area contributed by atoms with Gasteiger partial charge in [-0.05, 0) is 22.0 Å². The fourth-order valence-electron chi connectivity index (χ4n) is 1.05. The lowest BCUT2D eigenvalue weighted by atomic mass is 10.6. The lowest BCUT2D eigenvalue weighted by Gasteiger charge is -1.98. The SMILES string of the molecule is O=S(=O)(Cl)c1cnc2c(Br)cc(Cl)nn12. The summed E-state index contributed by atoms with van der Waals surface area (Å²) in [6.45, 7) is 0. The van der Waals surface area contributed by atoms with E-state index in [4.69, 9.17) is 22.3 Å². The van der Waals surface area contributed by atoms with E-state index in [1.807, 2.05) is 0 Å². The second-order valence-electron chi connectivity index (χ2n) is 2.58. The Morgan fingerprint density at radius 3 is 2.73 bits per heavy atom. The maximum absolute atomic E-state index is 11.1. The third kappa shape index (κ3) is 1.96. The monoisotopic (exact) mass is 329 g/mol. The van der Waals surface area contributed by atoms with Gasteiger partial charge in [0, 0.05) is 10.7 Å². The number of aromatic nitrogens is 3. The molecule has 0 amide bonds. The minimum atomic E-state index is -3.89. The maximum atomic E-state index is 11.1. The van der Waals surface area contributed by atoms with Crippen LogP contribution in [0.1, 0.15) is 0 Å². The van der Waals surface area contributed by atoms with Crippen LogP contribution in [0.3, 0.4) is 0 Å². The highest BCUT2D eigenvalue weighted by atomic mass is 79.9. The maximum Gasteiger partial charge on any atom is 0.280 e. The van der Waals surface area contributed by atoms with Crippen LogP contribution < -0.4 is 0 Å². The average Bonchev–Trinajstić information content (AvgIpc) is 2.45. The van der Waals surface area contributed by atoms with Crippen molar-refractivity contribution < 1.29 is 8.42 Å². The van der Waals surface area contributed by atoms with Gasteiger partial charge in [0.05, 0.1) is 10.7 Å². The first-order chi connectivity index (χ1) is 6.89. The fraction of sp³-hybridized carbons (Fsp3) is 0. The number of nitrogens with zero attached hydrogens (tertiary/aromatic N) is 3. The summed E-state index contributed by atoms with van der Waals surface area (Å²) in [6, 6.07) is 1.51. The molecule has 0 bridgehead atoms. The Balaban J connectivity index is 2.92. The Bertz CT molecular complexity index is 639. The molecule has 2 rings (SSSR count). The first-order valence-corrected chi connectivity index (χ1v) is 7.02. The normalized spacial score (nSPS) is 12.2. The summed E-state index contributed by atoms with van der Waals surface area (Å²) in [6.07, 6.45) is 1.12. The molecule has 0 atom stereocenters. The largest absolute Gasteiger partial charge is 0.280 e. The molecule has 2 aromatic rings. The number of hydrogen-bond donors (Lipinski definition) is 0. The molecule has 0 saturated carbocycles. The summed E-state index contributed by atoms with van der Waals surface area (Å²) in [5.74, 6) is 0. The van der Waals surface area contributed by atoms with E-state index in [0.717, 1.165) is 10.7 Å². The van der Waals surface area contributed by atoms with Crippen molar-refractivity contribution in [2.24, 2.45) is 0 Å². The molecule has 0 spiro atoms. The Morgan fingerprint density at radius 2 is 2.13 bits per heavy atom. The molecule has 15 heavy (non-hydrogen) atoms. The molecule has 80 valence electrons. The molecule has 0 saturated heterocycles. The highest BCUT2D eigenvalue weighted by Gasteiger charge is 2.18. The van der Waals surface area contributed by atoms with Gasteiger partial charge in [0.25, 0.3) is 9.05 Å². The number of imidazole rings is 1. The summed E-state index contributed by atoms with van der Waals surface area (Å²) < 4.78 is 23.9. The average molecular weight is 331 g/mol. The molecule has 0 radical (unpaired) electrons. The van der Waals surface area contributed by atoms with Gasteiger partial charge in [0.1, 0.15) is 0 Å². The van der Waals surface area contributed by atoms with Gasteiger partial charge in [0.2, 0.25) is 0 Å². The summed E-state index contributed by atoms with van der Waals surface area (Å²) in [5.41, 5.74) is 0.332. The highest BCUT2D eigenvalue weighted by molar-refractivity contribution is 9.10. The van der Waals surface area contributed by atoms with Crippen molar-refractivity contribution in [1.29, 1.82) is 0 Å². The van der Waals surface area contributed by atoms with Crippen LogP contribution in [0.25, 0.3) is 5.65 Å². The number of halogens is 3. The van der Waals surface area contributed by atoms with Crippen molar-refractivity contribution >= 4 is 52.9 Å². The first kappa shape index (κ1) is 11.1. The summed E-state index contributed by atoms with van der Waals surface area (Å²) in [5, 5.41) is 3.70. The third-order valence-corrected chi connectivity index (χ3v) is 3.63. The molecule has 0 aromatic carbocycles. The molecular weight excluding hydrogens is 329 g/mol. The molecule has 0 aliphatic carbocycles. The van der Waals surface area contributed by atoms with Crippen LogP contribution in [-0.4, -0.2) is 23.0 Å². The van der Waals surface area contributed by atoms with Crippen LogP contribution in [-0.2, 0) is 9.05 Å². The van der Waals surface area contributed by atoms with Crippen LogP contribution in [0, 0.1) is 0 Å². The van der Waals surface area contributed by atoms with Crippen molar-refractivity contribution in [3.05, 3.63) is 21.9 Å². The van der Waals surface area contributed by atoms with Crippen molar-refractivity contribution in [3.63, 3.8) is 0 Å². The lowest BCUT2D eigenvalue weighted by molar-refractivity contribution is 0.602. The smallest absolute Gasteiger partial charge is 0.233 e. The number of fused-ring (bicyclic) bond motifs is 1. The Kier molecular flexibility index (Phi) is 2.66. The minimum absolute atomic E-state index is 0.133. The zero-order valence-electron chi connectivity index (χ0n) is 6.85. The van der Waals surface area contributed by atoms with Crippen molar-refractivity contribution in [2.75, 3.05) is 0 Å². The predicted molar refractivity (Wildman–Crippen MR) is 58.7 cm³/mol. The Hall–Kier alpha value is -0.370. The standard InChI is InChI=1S/C6H2BrCl2N3O2S/c7-3-1-4(8)11-12-5(15(9,13)14)2-10-6(3)12/h1-2H. The molecule has 0 N–H and O–H groups in total. The summed E-state index contributed by atoms with van der Waals surface area (Å²) in [4.78, 5) is 3.86. The molecule has 9 heteroatoms. The first-order valence-electron chi connectivity index (χ1n) is 3.54. The zero-order valence-corrected chi connectivity index (χ0v) is 10.8. The van der Waals surface area contributed by atoms with E-state index in [1.165, 1.54) is 6.07 Å². The Labute approximate surface area is 103 Å². The van der Waals surface area contributed by atoms with Gasteiger partial charge in [0.15, 0.2) is 15.8 Å². The van der Waals surface area contributed by atoms with Crippen LogP contribution in [0.4, 0.5) is 0 Å². The molecule has 0 aliphatic heterocycles. The van der Waals surface area contributed by atoms with E-state index in [1.54, 1.807) is 0 Å². The van der Waals surface area contributed by atoms with Crippen molar-refractivity contribution in [1.82, 2.24) is 14.6 Å². The van der Waals surface area contributed by atoms with Gasteiger partial charge < -0.3 is 0 Å². The van der Waals surface area contributed by atoms with Gasteiger partial charge >= 0.3 is 0 Å². The molecule has 2 aromatic heterocycles. The summed E-state index contributed by atoms with van der Waals surface area (Å²) >= 11 is 8.86. The second-order valence-corrected chi connectivity index (χ2v) is 6.34. The van der Waals surface area contributed by atoms with Gasteiger partial charge in [-0.25, -0.2) is 13.4 Å². The van der Waals surface area contributed by atoms with E-state index in [9.17, 15) is 8.42 Å². The van der Waals surface area contributed by atoms with Crippen LogP contribution >= 0.6 is 38.2 Å². The van der Waals surface area contributed by atoms with Gasteiger partial charge in [-0.2, -0.15) is 9.61 Å². The highest BCUT2D eigenvalue weighted by Crippen LogP contribution is 2.23. The minimum Gasteiger partial charge on any atom is -0.233 e.